The standard InChI is InChI=1S/C46H49NS3/c1-3-5-7-9-11-13-19-31-25-27-41(48-31)37-30-36-35(45-43(37)33-21-15-17-23-39(33)47-45)29-38(44-34-22-16-18-24-40(34)50-46(36)44)42-28-26-32(49-42)20-14-12-10-8-6-4-2/h15-18,21-30,47H,3-14,19-20H2,1-2H3. The van der Waals surface area contributed by atoms with E-state index in [-0.39, 0.29) is 0 Å². The number of aromatic amines is 1. The van der Waals surface area contributed by atoms with Crippen LogP contribution in [0.4, 0.5) is 0 Å². The molecule has 0 bridgehead atoms. The van der Waals surface area contributed by atoms with Gasteiger partial charge in [0.2, 0.25) is 0 Å². The van der Waals surface area contributed by atoms with Crippen LogP contribution in [0.1, 0.15) is 101 Å². The maximum atomic E-state index is 3.94. The summed E-state index contributed by atoms with van der Waals surface area (Å²) in [5.41, 5.74) is 5.24. The molecule has 4 aromatic heterocycles. The van der Waals surface area contributed by atoms with Gasteiger partial charge in [0.1, 0.15) is 0 Å². The van der Waals surface area contributed by atoms with Gasteiger partial charge in [-0.2, -0.15) is 0 Å². The molecule has 0 spiro atoms. The number of nitrogens with one attached hydrogen (secondary N) is 1. The first-order valence-corrected chi connectivity index (χ1v) is 21.7. The number of hydrogen-bond acceptors (Lipinski definition) is 3. The number of rotatable bonds is 16. The van der Waals surface area contributed by atoms with Crippen LogP contribution in [0.25, 0.3) is 73.6 Å². The zero-order valence-corrected chi connectivity index (χ0v) is 32.2. The minimum atomic E-state index is 1.19. The predicted molar refractivity (Wildman–Crippen MR) is 227 cm³/mol. The predicted octanol–water partition coefficient (Wildman–Crippen LogP) is 16.1. The lowest BCUT2D eigenvalue weighted by molar-refractivity contribution is 0.609. The van der Waals surface area contributed by atoms with Crippen LogP contribution >= 0.6 is 34.0 Å². The quantitative estimate of drug-likeness (QED) is 0.0961. The molecular formula is C46H49NS3. The first-order valence-electron chi connectivity index (χ1n) is 19.2. The fourth-order valence-electron chi connectivity index (χ4n) is 7.97. The van der Waals surface area contributed by atoms with E-state index in [1.165, 1.54) is 173 Å². The van der Waals surface area contributed by atoms with E-state index in [0.717, 1.165) is 0 Å². The summed E-state index contributed by atoms with van der Waals surface area (Å²) in [5.74, 6) is 0. The average Bonchev–Trinajstić information content (AvgIpc) is 3.96. The number of hydrogen-bond donors (Lipinski definition) is 1. The molecule has 0 amide bonds. The Morgan fingerprint density at radius 2 is 1.04 bits per heavy atom. The van der Waals surface area contributed by atoms with Crippen molar-refractivity contribution in [1.29, 1.82) is 0 Å². The molecule has 8 rings (SSSR count). The summed E-state index contributed by atoms with van der Waals surface area (Å²) in [4.78, 5) is 9.76. The molecule has 256 valence electrons. The second-order valence-corrected chi connectivity index (χ2v) is 17.6. The number of aryl methyl sites for hydroxylation is 2. The number of para-hydroxylation sites is 1. The van der Waals surface area contributed by atoms with Gasteiger partial charge in [0.25, 0.3) is 0 Å². The molecular weight excluding hydrogens is 663 g/mol. The second-order valence-electron chi connectivity index (χ2n) is 14.2. The molecule has 0 radical (unpaired) electrons. The smallest absolute Gasteiger partial charge is 0.0551 e. The van der Waals surface area contributed by atoms with Crippen molar-refractivity contribution in [2.45, 2.75) is 104 Å². The summed E-state index contributed by atoms with van der Waals surface area (Å²) in [6, 6.07) is 32.6. The Balaban J connectivity index is 1.25. The largest absolute Gasteiger partial charge is 0.354 e. The number of aromatic nitrogens is 1. The van der Waals surface area contributed by atoms with Crippen molar-refractivity contribution in [3.05, 3.63) is 94.7 Å². The van der Waals surface area contributed by atoms with Crippen LogP contribution in [0.2, 0.25) is 0 Å². The van der Waals surface area contributed by atoms with Crippen molar-refractivity contribution >= 4 is 86.8 Å². The lowest BCUT2D eigenvalue weighted by Crippen LogP contribution is -1.85. The Morgan fingerprint density at radius 3 is 1.72 bits per heavy atom. The molecule has 0 aliphatic heterocycles. The average molecular weight is 712 g/mol. The van der Waals surface area contributed by atoms with Crippen molar-refractivity contribution in [2.24, 2.45) is 0 Å². The summed E-state index contributed by atoms with van der Waals surface area (Å²) in [7, 11) is 0. The molecule has 0 fully saturated rings. The number of thiophene rings is 3. The van der Waals surface area contributed by atoms with E-state index in [1.807, 2.05) is 34.0 Å². The van der Waals surface area contributed by atoms with Crippen LogP contribution in [0.5, 0.6) is 0 Å². The number of H-pyrrole nitrogens is 1. The van der Waals surface area contributed by atoms with E-state index < -0.39 is 0 Å². The van der Waals surface area contributed by atoms with Crippen LogP contribution in [0.3, 0.4) is 0 Å². The molecule has 0 unspecified atom stereocenters. The van der Waals surface area contributed by atoms with Gasteiger partial charge in [0.05, 0.1) is 5.52 Å². The van der Waals surface area contributed by atoms with E-state index >= 15 is 0 Å². The van der Waals surface area contributed by atoms with Crippen molar-refractivity contribution in [3.8, 4) is 20.9 Å². The van der Waals surface area contributed by atoms with Crippen molar-refractivity contribution < 1.29 is 0 Å². The molecule has 0 aliphatic rings. The van der Waals surface area contributed by atoms with Gasteiger partial charge in [0.15, 0.2) is 0 Å². The SMILES string of the molecule is CCCCCCCCc1ccc(-c2cc3c(cc(-c4ccc(CCCCCCCC)s4)c4c5ccccc5sc34)c3[nH]c4ccccc4c23)s1. The van der Waals surface area contributed by atoms with Gasteiger partial charge in [-0.15, -0.1) is 34.0 Å². The van der Waals surface area contributed by atoms with Gasteiger partial charge < -0.3 is 4.98 Å². The highest BCUT2D eigenvalue weighted by molar-refractivity contribution is 7.27. The van der Waals surface area contributed by atoms with Gasteiger partial charge in [-0.1, -0.05) is 114 Å². The summed E-state index contributed by atoms with van der Waals surface area (Å²) >= 11 is 5.98. The summed E-state index contributed by atoms with van der Waals surface area (Å²) < 4.78 is 2.78. The monoisotopic (exact) mass is 711 g/mol. The van der Waals surface area contributed by atoms with E-state index in [9.17, 15) is 0 Å². The molecule has 4 heteroatoms. The van der Waals surface area contributed by atoms with Crippen LogP contribution in [0.15, 0.2) is 84.9 Å². The molecule has 0 saturated heterocycles. The first kappa shape index (κ1) is 33.7. The van der Waals surface area contributed by atoms with Gasteiger partial charge in [-0.25, -0.2) is 0 Å². The molecule has 50 heavy (non-hydrogen) atoms. The number of unbranched alkanes of at least 4 members (excludes halogenated alkanes) is 10. The summed E-state index contributed by atoms with van der Waals surface area (Å²) in [6.07, 6.45) is 18.5. The third kappa shape index (κ3) is 6.67. The Kier molecular flexibility index (Phi) is 10.4. The number of benzene rings is 4. The minimum Gasteiger partial charge on any atom is -0.354 e. The lowest BCUT2D eigenvalue weighted by atomic mass is 9.94. The maximum Gasteiger partial charge on any atom is 0.0551 e. The Bertz CT molecular complexity index is 2210. The van der Waals surface area contributed by atoms with E-state index in [1.54, 1.807) is 0 Å². The Hall–Kier alpha value is -3.44. The van der Waals surface area contributed by atoms with Crippen LogP contribution < -0.4 is 0 Å². The topological polar surface area (TPSA) is 15.8 Å². The van der Waals surface area contributed by atoms with Gasteiger partial charge >= 0.3 is 0 Å². The summed E-state index contributed by atoms with van der Waals surface area (Å²) in [6.45, 7) is 4.60. The van der Waals surface area contributed by atoms with Gasteiger partial charge in [-0.3, -0.25) is 0 Å². The van der Waals surface area contributed by atoms with Crippen LogP contribution in [0, 0.1) is 0 Å². The highest BCUT2D eigenvalue weighted by atomic mass is 32.1. The lowest BCUT2D eigenvalue weighted by Gasteiger charge is -2.11. The zero-order valence-electron chi connectivity index (χ0n) is 29.7. The Morgan fingerprint density at radius 1 is 0.480 bits per heavy atom. The van der Waals surface area contributed by atoms with Crippen LogP contribution in [-0.2, 0) is 12.8 Å². The molecule has 0 aliphatic carbocycles. The fraction of sp³-hybridized carbons (Fsp3) is 0.348. The third-order valence-electron chi connectivity index (χ3n) is 10.6. The molecule has 8 aromatic rings. The maximum absolute atomic E-state index is 3.94. The normalized spacial score (nSPS) is 12.1. The van der Waals surface area contributed by atoms with Crippen LogP contribution in [-0.4, -0.2) is 4.98 Å². The minimum absolute atomic E-state index is 1.19. The highest BCUT2D eigenvalue weighted by Crippen LogP contribution is 2.50. The van der Waals surface area contributed by atoms with Crippen molar-refractivity contribution in [1.82, 2.24) is 4.98 Å². The molecule has 0 saturated carbocycles. The molecule has 4 aromatic carbocycles. The molecule has 4 heterocycles. The van der Waals surface area contributed by atoms with Crippen molar-refractivity contribution in [2.75, 3.05) is 0 Å². The second kappa shape index (κ2) is 15.4. The van der Waals surface area contributed by atoms with Crippen molar-refractivity contribution in [3.63, 3.8) is 0 Å². The zero-order chi connectivity index (χ0) is 33.9. The van der Waals surface area contributed by atoms with E-state index in [4.69, 9.17) is 0 Å². The first-order chi connectivity index (χ1) is 24.7. The number of fused-ring (bicyclic) bond motifs is 9. The summed E-state index contributed by atoms with van der Waals surface area (Å²) in [5, 5.41) is 8.19. The molecule has 1 N–H and O–H groups in total. The molecule has 1 nitrogen and oxygen atoms in total. The fourth-order valence-corrected chi connectivity index (χ4v) is 11.4. The van der Waals surface area contributed by atoms with E-state index in [2.05, 4.69) is 104 Å². The molecule has 0 atom stereocenters. The highest BCUT2D eigenvalue weighted by Gasteiger charge is 2.21. The third-order valence-corrected chi connectivity index (χ3v) is 14.2. The Labute approximate surface area is 309 Å². The van der Waals surface area contributed by atoms with Gasteiger partial charge in [-0.05, 0) is 74.2 Å². The van der Waals surface area contributed by atoms with E-state index in [0.29, 0.717) is 0 Å². The van der Waals surface area contributed by atoms with Gasteiger partial charge in [0, 0.05) is 77.9 Å².